The van der Waals surface area contributed by atoms with Gasteiger partial charge in [0, 0.05) is 12.7 Å². The van der Waals surface area contributed by atoms with Crippen molar-refractivity contribution in [2.45, 2.75) is 0 Å². The zero-order valence-electron chi connectivity index (χ0n) is 9.43. The fourth-order valence-electron chi connectivity index (χ4n) is 1.73. The molecule has 0 aliphatic carbocycles. The first-order valence-corrected chi connectivity index (χ1v) is 5.64. The Morgan fingerprint density at radius 2 is 1.76 bits per heavy atom. The molecule has 0 unspecified atom stereocenters. The van der Waals surface area contributed by atoms with Gasteiger partial charge in [0.1, 0.15) is 0 Å². The van der Waals surface area contributed by atoms with Crippen LogP contribution in [0, 0.1) is 0 Å². The van der Waals surface area contributed by atoms with E-state index in [1.165, 1.54) is 0 Å². The van der Waals surface area contributed by atoms with Crippen LogP contribution in [0.2, 0.25) is 5.02 Å². The average Bonchev–Trinajstić information content (AvgIpc) is 2.38. The van der Waals surface area contributed by atoms with Gasteiger partial charge in [-0.1, -0.05) is 35.9 Å². The molecule has 0 fully saturated rings. The predicted octanol–water partition coefficient (Wildman–Crippen LogP) is 3.92. The minimum absolute atomic E-state index is 0.472. The summed E-state index contributed by atoms with van der Waals surface area (Å²) in [5.41, 5.74) is 2.33. The van der Waals surface area contributed by atoms with Gasteiger partial charge in [0.05, 0.1) is 16.3 Å². The molecule has 0 heterocycles. The molecule has 3 heteroatoms. The Morgan fingerprint density at radius 3 is 2.41 bits per heavy atom. The Bertz CT molecular complexity index is 525. The molecule has 17 heavy (non-hydrogen) atoms. The first kappa shape index (κ1) is 11.7. The molecule has 0 aromatic heterocycles. The predicted molar refractivity (Wildman–Crippen MR) is 71.3 cm³/mol. The molecule has 2 nitrogen and oxygen atoms in total. The Kier molecular flexibility index (Phi) is 3.45. The lowest BCUT2D eigenvalue weighted by Crippen LogP contribution is -2.11. The van der Waals surface area contributed by atoms with Crippen LogP contribution in [0.3, 0.4) is 0 Å². The highest BCUT2D eigenvalue weighted by Gasteiger charge is 2.11. The summed E-state index contributed by atoms with van der Waals surface area (Å²) in [5, 5.41) is 0.472. The van der Waals surface area contributed by atoms with Crippen LogP contribution in [0.5, 0.6) is 0 Å². The number of rotatable bonds is 3. The van der Waals surface area contributed by atoms with Crippen LogP contribution in [0.4, 0.5) is 11.4 Å². The molecule has 0 saturated carbocycles. The second-order valence-electron chi connectivity index (χ2n) is 3.69. The molecule has 2 aromatic carbocycles. The van der Waals surface area contributed by atoms with Gasteiger partial charge in [-0.2, -0.15) is 0 Å². The molecule has 0 saturated heterocycles. The van der Waals surface area contributed by atoms with E-state index in [0.717, 1.165) is 17.7 Å². The van der Waals surface area contributed by atoms with Crippen molar-refractivity contribution in [2.75, 3.05) is 11.9 Å². The van der Waals surface area contributed by atoms with Crippen molar-refractivity contribution in [1.29, 1.82) is 0 Å². The van der Waals surface area contributed by atoms with E-state index >= 15 is 0 Å². The lowest BCUT2D eigenvalue weighted by atomic mass is 10.1. The lowest BCUT2D eigenvalue weighted by molar-refractivity contribution is 0.112. The molecule has 0 amide bonds. The van der Waals surface area contributed by atoms with E-state index in [1.54, 1.807) is 6.07 Å². The van der Waals surface area contributed by atoms with Crippen molar-refractivity contribution in [2.24, 2.45) is 0 Å². The maximum Gasteiger partial charge on any atom is 0.153 e. The van der Waals surface area contributed by atoms with Gasteiger partial charge in [-0.05, 0) is 24.3 Å². The van der Waals surface area contributed by atoms with Crippen molar-refractivity contribution in [3.05, 3.63) is 59.1 Å². The summed E-state index contributed by atoms with van der Waals surface area (Å²) >= 11 is 6.00. The van der Waals surface area contributed by atoms with Crippen LogP contribution in [-0.2, 0) is 0 Å². The van der Waals surface area contributed by atoms with Gasteiger partial charge < -0.3 is 4.90 Å². The van der Waals surface area contributed by atoms with Crippen molar-refractivity contribution in [3.8, 4) is 0 Å². The van der Waals surface area contributed by atoms with E-state index < -0.39 is 0 Å². The Labute approximate surface area is 105 Å². The van der Waals surface area contributed by atoms with E-state index in [9.17, 15) is 4.79 Å². The number of aldehydes is 1. The maximum atomic E-state index is 11.1. The minimum atomic E-state index is 0.472. The normalized spacial score (nSPS) is 10.0. The second kappa shape index (κ2) is 5.02. The second-order valence-corrected chi connectivity index (χ2v) is 4.09. The molecule has 2 rings (SSSR count). The highest BCUT2D eigenvalue weighted by Crippen LogP contribution is 2.29. The van der Waals surface area contributed by atoms with Crippen molar-refractivity contribution in [3.63, 3.8) is 0 Å². The SMILES string of the molecule is CN(c1ccccc1)c1cccc(Cl)c1C=O. The molecule has 0 spiro atoms. The Morgan fingerprint density at radius 1 is 1.06 bits per heavy atom. The zero-order chi connectivity index (χ0) is 12.3. The number of carbonyl (C=O) groups excluding carboxylic acids is 1. The number of benzene rings is 2. The van der Waals surface area contributed by atoms with Crippen molar-refractivity contribution >= 4 is 29.3 Å². The van der Waals surface area contributed by atoms with Gasteiger partial charge in [0.25, 0.3) is 0 Å². The number of para-hydroxylation sites is 1. The van der Waals surface area contributed by atoms with Gasteiger partial charge in [-0.25, -0.2) is 0 Å². The van der Waals surface area contributed by atoms with E-state index in [4.69, 9.17) is 11.6 Å². The molecule has 0 aliphatic rings. The fourth-order valence-corrected chi connectivity index (χ4v) is 1.94. The zero-order valence-corrected chi connectivity index (χ0v) is 10.2. The number of carbonyl (C=O) groups is 1. The lowest BCUT2D eigenvalue weighted by Gasteiger charge is -2.21. The van der Waals surface area contributed by atoms with E-state index in [-0.39, 0.29) is 0 Å². The van der Waals surface area contributed by atoms with Crippen LogP contribution in [-0.4, -0.2) is 13.3 Å². The summed E-state index contributed by atoms with van der Waals surface area (Å²) < 4.78 is 0. The highest BCUT2D eigenvalue weighted by molar-refractivity contribution is 6.33. The molecule has 0 aliphatic heterocycles. The number of anilines is 2. The maximum absolute atomic E-state index is 11.1. The topological polar surface area (TPSA) is 20.3 Å². The van der Waals surface area contributed by atoms with Crippen molar-refractivity contribution < 1.29 is 4.79 Å². The first-order chi connectivity index (χ1) is 8.24. The fraction of sp³-hybridized carbons (Fsp3) is 0.0714. The molecule has 2 aromatic rings. The Hall–Kier alpha value is -1.80. The van der Waals surface area contributed by atoms with Crippen molar-refractivity contribution in [1.82, 2.24) is 0 Å². The molecular weight excluding hydrogens is 234 g/mol. The van der Waals surface area contributed by atoms with E-state index in [2.05, 4.69) is 0 Å². The number of hydrogen-bond acceptors (Lipinski definition) is 2. The average molecular weight is 246 g/mol. The number of nitrogens with zero attached hydrogens (tertiary/aromatic N) is 1. The van der Waals surface area contributed by atoms with Gasteiger partial charge in [0.15, 0.2) is 6.29 Å². The standard InChI is InChI=1S/C14H12ClNO/c1-16(11-6-3-2-4-7-11)14-9-5-8-13(15)12(14)10-17/h2-10H,1H3. The summed E-state index contributed by atoms with van der Waals surface area (Å²) in [6.45, 7) is 0. The van der Waals surface area contributed by atoms with Crippen LogP contribution in [0.25, 0.3) is 0 Å². The smallest absolute Gasteiger partial charge is 0.153 e. The van der Waals surface area contributed by atoms with Gasteiger partial charge in [0.2, 0.25) is 0 Å². The largest absolute Gasteiger partial charge is 0.344 e. The summed E-state index contributed by atoms with van der Waals surface area (Å²) in [7, 11) is 1.91. The summed E-state index contributed by atoms with van der Waals surface area (Å²) in [4.78, 5) is 13.0. The highest BCUT2D eigenvalue weighted by atomic mass is 35.5. The minimum Gasteiger partial charge on any atom is -0.344 e. The molecule has 0 atom stereocenters. The number of hydrogen-bond donors (Lipinski definition) is 0. The summed E-state index contributed by atoms with van der Waals surface area (Å²) in [6, 6.07) is 15.3. The third kappa shape index (κ3) is 2.32. The molecule has 0 bridgehead atoms. The molecular formula is C14H12ClNO. The van der Waals surface area contributed by atoms with Crippen LogP contribution < -0.4 is 4.90 Å². The first-order valence-electron chi connectivity index (χ1n) is 5.26. The van der Waals surface area contributed by atoms with Crippen LogP contribution in [0.1, 0.15) is 10.4 Å². The summed E-state index contributed by atoms with van der Waals surface area (Å²) in [5.74, 6) is 0. The molecule has 86 valence electrons. The van der Waals surface area contributed by atoms with E-state index in [0.29, 0.717) is 10.6 Å². The summed E-state index contributed by atoms with van der Waals surface area (Å²) in [6.07, 6.45) is 0.789. The molecule has 0 radical (unpaired) electrons. The van der Waals surface area contributed by atoms with Crippen LogP contribution >= 0.6 is 11.6 Å². The van der Waals surface area contributed by atoms with E-state index in [1.807, 2.05) is 54.4 Å². The van der Waals surface area contributed by atoms with Gasteiger partial charge in [-0.15, -0.1) is 0 Å². The van der Waals surface area contributed by atoms with Crippen LogP contribution in [0.15, 0.2) is 48.5 Å². The van der Waals surface area contributed by atoms with Gasteiger partial charge >= 0.3 is 0 Å². The quantitative estimate of drug-likeness (QED) is 0.764. The monoisotopic (exact) mass is 245 g/mol. The Balaban J connectivity index is 2.48. The molecule has 0 N–H and O–H groups in total. The third-order valence-electron chi connectivity index (χ3n) is 2.65. The number of halogens is 1. The van der Waals surface area contributed by atoms with Gasteiger partial charge in [-0.3, -0.25) is 4.79 Å². The third-order valence-corrected chi connectivity index (χ3v) is 2.98.